The highest BCUT2D eigenvalue weighted by molar-refractivity contribution is 5.16. The number of rotatable bonds is 6. The molecule has 0 amide bonds. The standard InChI is InChI=1S/C13H24N2O/c1-6-13(2,3)15(5)10-12-11(9-14-4)7-8-16-12/h7-8,14H,6,9-10H2,1-5H3. The monoisotopic (exact) mass is 224 g/mol. The van der Waals surface area contributed by atoms with Gasteiger partial charge in [0.2, 0.25) is 0 Å². The Morgan fingerprint density at radius 2 is 2.12 bits per heavy atom. The van der Waals surface area contributed by atoms with Crippen molar-refractivity contribution in [1.29, 1.82) is 0 Å². The first-order valence-electron chi connectivity index (χ1n) is 5.92. The van der Waals surface area contributed by atoms with Crippen molar-refractivity contribution in [1.82, 2.24) is 10.2 Å². The molecule has 0 saturated carbocycles. The molecule has 92 valence electrons. The fourth-order valence-corrected chi connectivity index (χ4v) is 1.55. The van der Waals surface area contributed by atoms with E-state index in [0.717, 1.165) is 25.3 Å². The highest BCUT2D eigenvalue weighted by Gasteiger charge is 2.22. The Morgan fingerprint density at radius 1 is 1.44 bits per heavy atom. The van der Waals surface area contributed by atoms with Gasteiger partial charge in [-0.2, -0.15) is 0 Å². The highest BCUT2D eigenvalue weighted by atomic mass is 16.3. The molecule has 16 heavy (non-hydrogen) atoms. The lowest BCUT2D eigenvalue weighted by Gasteiger charge is -2.34. The Labute approximate surface area is 98.8 Å². The van der Waals surface area contributed by atoms with Crippen LogP contribution in [-0.2, 0) is 13.1 Å². The Kier molecular flexibility index (Phi) is 4.56. The van der Waals surface area contributed by atoms with Crippen LogP contribution in [0.15, 0.2) is 16.7 Å². The van der Waals surface area contributed by atoms with Gasteiger partial charge in [0.1, 0.15) is 5.76 Å². The van der Waals surface area contributed by atoms with Gasteiger partial charge in [-0.3, -0.25) is 4.90 Å². The third kappa shape index (κ3) is 3.09. The Bertz CT molecular complexity index is 317. The van der Waals surface area contributed by atoms with Gasteiger partial charge in [0.25, 0.3) is 0 Å². The van der Waals surface area contributed by atoms with Crippen LogP contribution in [0.1, 0.15) is 38.5 Å². The van der Waals surface area contributed by atoms with E-state index < -0.39 is 0 Å². The summed E-state index contributed by atoms with van der Waals surface area (Å²) in [7, 11) is 4.10. The summed E-state index contributed by atoms with van der Waals surface area (Å²) in [4.78, 5) is 2.34. The fourth-order valence-electron chi connectivity index (χ4n) is 1.55. The van der Waals surface area contributed by atoms with Gasteiger partial charge < -0.3 is 9.73 Å². The van der Waals surface area contributed by atoms with E-state index in [1.165, 1.54) is 5.56 Å². The largest absolute Gasteiger partial charge is 0.468 e. The zero-order valence-corrected chi connectivity index (χ0v) is 11.1. The smallest absolute Gasteiger partial charge is 0.122 e. The maximum absolute atomic E-state index is 5.55. The lowest BCUT2D eigenvalue weighted by Crippen LogP contribution is -2.39. The second-order valence-electron chi connectivity index (χ2n) is 4.92. The summed E-state index contributed by atoms with van der Waals surface area (Å²) < 4.78 is 5.55. The number of nitrogens with zero attached hydrogens (tertiary/aromatic N) is 1. The van der Waals surface area contributed by atoms with Crippen molar-refractivity contribution in [3.05, 3.63) is 23.7 Å². The van der Waals surface area contributed by atoms with Gasteiger partial charge in [-0.25, -0.2) is 0 Å². The summed E-state index contributed by atoms with van der Waals surface area (Å²) >= 11 is 0. The van der Waals surface area contributed by atoms with E-state index in [1.54, 1.807) is 6.26 Å². The average Bonchev–Trinajstić information content (AvgIpc) is 2.66. The van der Waals surface area contributed by atoms with E-state index in [4.69, 9.17) is 4.42 Å². The number of nitrogens with one attached hydrogen (secondary N) is 1. The predicted octanol–water partition coefficient (Wildman–Crippen LogP) is 2.62. The van der Waals surface area contributed by atoms with E-state index in [1.807, 2.05) is 13.1 Å². The van der Waals surface area contributed by atoms with Crippen LogP contribution >= 0.6 is 0 Å². The molecule has 1 rings (SSSR count). The van der Waals surface area contributed by atoms with Crippen LogP contribution < -0.4 is 5.32 Å². The van der Waals surface area contributed by atoms with Crippen LogP contribution in [0.25, 0.3) is 0 Å². The summed E-state index contributed by atoms with van der Waals surface area (Å²) in [6, 6.07) is 2.04. The van der Waals surface area contributed by atoms with Gasteiger partial charge >= 0.3 is 0 Å². The van der Waals surface area contributed by atoms with Crippen molar-refractivity contribution in [2.75, 3.05) is 14.1 Å². The third-order valence-corrected chi connectivity index (χ3v) is 3.48. The van der Waals surface area contributed by atoms with E-state index in [0.29, 0.717) is 0 Å². The number of furan rings is 1. The maximum atomic E-state index is 5.55. The topological polar surface area (TPSA) is 28.4 Å². The first kappa shape index (κ1) is 13.3. The highest BCUT2D eigenvalue weighted by Crippen LogP contribution is 2.21. The molecule has 0 aliphatic rings. The zero-order chi connectivity index (χ0) is 12.2. The first-order valence-corrected chi connectivity index (χ1v) is 5.92. The minimum atomic E-state index is 0.212. The van der Waals surface area contributed by atoms with Crippen LogP contribution in [0.2, 0.25) is 0 Å². The Hall–Kier alpha value is -0.800. The van der Waals surface area contributed by atoms with Crippen LogP contribution in [-0.4, -0.2) is 24.5 Å². The van der Waals surface area contributed by atoms with Crippen molar-refractivity contribution < 1.29 is 4.42 Å². The normalized spacial score (nSPS) is 12.4. The molecular formula is C13H24N2O. The molecule has 0 saturated heterocycles. The molecule has 0 atom stereocenters. The minimum Gasteiger partial charge on any atom is -0.468 e. The van der Waals surface area contributed by atoms with Crippen molar-refractivity contribution in [2.24, 2.45) is 0 Å². The molecule has 1 N–H and O–H groups in total. The summed E-state index contributed by atoms with van der Waals surface area (Å²) in [5.41, 5.74) is 1.46. The van der Waals surface area contributed by atoms with Gasteiger partial charge in [0, 0.05) is 17.6 Å². The van der Waals surface area contributed by atoms with E-state index >= 15 is 0 Å². The van der Waals surface area contributed by atoms with Crippen LogP contribution in [0.3, 0.4) is 0 Å². The molecule has 0 aliphatic carbocycles. The van der Waals surface area contributed by atoms with Crippen molar-refractivity contribution >= 4 is 0 Å². The maximum Gasteiger partial charge on any atom is 0.122 e. The molecule has 1 heterocycles. The summed E-state index contributed by atoms with van der Waals surface area (Å²) in [5.74, 6) is 1.07. The average molecular weight is 224 g/mol. The van der Waals surface area contributed by atoms with Crippen LogP contribution in [0.5, 0.6) is 0 Å². The second kappa shape index (κ2) is 5.51. The van der Waals surface area contributed by atoms with Crippen LogP contribution in [0.4, 0.5) is 0 Å². The summed E-state index contributed by atoms with van der Waals surface area (Å²) in [5, 5.41) is 3.16. The van der Waals surface area contributed by atoms with Gasteiger partial charge in [-0.05, 0) is 40.4 Å². The fraction of sp³-hybridized carbons (Fsp3) is 0.692. The Morgan fingerprint density at radius 3 is 2.69 bits per heavy atom. The molecule has 1 aromatic rings. The Balaban J connectivity index is 2.69. The van der Waals surface area contributed by atoms with Gasteiger partial charge in [0.15, 0.2) is 0 Å². The molecule has 3 heteroatoms. The van der Waals surface area contributed by atoms with E-state index in [9.17, 15) is 0 Å². The minimum absolute atomic E-state index is 0.212. The SMILES string of the molecule is CCC(C)(C)N(C)Cc1occc1CNC. The molecule has 1 aromatic heterocycles. The summed E-state index contributed by atoms with van der Waals surface area (Å²) in [6.07, 6.45) is 2.90. The molecule has 0 radical (unpaired) electrons. The van der Waals surface area contributed by atoms with Crippen LogP contribution in [0, 0.1) is 0 Å². The molecule has 3 nitrogen and oxygen atoms in total. The van der Waals surface area contributed by atoms with Gasteiger partial charge in [-0.15, -0.1) is 0 Å². The zero-order valence-electron chi connectivity index (χ0n) is 11.1. The number of hydrogen-bond donors (Lipinski definition) is 1. The lowest BCUT2D eigenvalue weighted by atomic mass is 9.99. The van der Waals surface area contributed by atoms with E-state index in [2.05, 4.69) is 38.0 Å². The lowest BCUT2D eigenvalue weighted by molar-refractivity contribution is 0.132. The van der Waals surface area contributed by atoms with E-state index in [-0.39, 0.29) is 5.54 Å². The molecule has 0 spiro atoms. The third-order valence-electron chi connectivity index (χ3n) is 3.48. The molecule has 0 fully saturated rings. The quantitative estimate of drug-likeness (QED) is 0.805. The molecule has 0 bridgehead atoms. The van der Waals surface area contributed by atoms with Gasteiger partial charge in [-0.1, -0.05) is 6.92 Å². The predicted molar refractivity (Wildman–Crippen MR) is 67.3 cm³/mol. The van der Waals surface area contributed by atoms with Crippen molar-refractivity contribution in [3.8, 4) is 0 Å². The molecule has 0 unspecified atom stereocenters. The first-order chi connectivity index (χ1) is 7.51. The van der Waals surface area contributed by atoms with Gasteiger partial charge in [0.05, 0.1) is 12.8 Å². The molecular weight excluding hydrogens is 200 g/mol. The van der Waals surface area contributed by atoms with Crippen molar-refractivity contribution in [2.45, 2.75) is 45.8 Å². The van der Waals surface area contributed by atoms with Crippen molar-refractivity contribution in [3.63, 3.8) is 0 Å². The molecule has 0 aromatic carbocycles. The molecule has 0 aliphatic heterocycles. The second-order valence-corrected chi connectivity index (χ2v) is 4.92. The number of hydrogen-bond acceptors (Lipinski definition) is 3. The summed E-state index contributed by atoms with van der Waals surface area (Å²) in [6.45, 7) is 8.46.